The summed E-state index contributed by atoms with van der Waals surface area (Å²) in [6.45, 7) is 3.08. The summed E-state index contributed by atoms with van der Waals surface area (Å²) >= 11 is 5.88. The van der Waals surface area contributed by atoms with E-state index in [-0.39, 0.29) is 0 Å². The van der Waals surface area contributed by atoms with Crippen LogP contribution in [0.2, 0.25) is 5.02 Å². The molecule has 0 amide bonds. The van der Waals surface area contributed by atoms with Gasteiger partial charge in [0, 0.05) is 27.6 Å². The fourth-order valence-electron chi connectivity index (χ4n) is 2.76. The van der Waals surface area contributed by atoms with E-state index in [1.54, 1.807) is 0 Å². The Hall–Kier alpha value is -0.380. The van der Waals surface area contributed by atoms with Gasteiger partial charge in [-0.25, -0.2) is 0 Å². The van der Waals surface area contributed by atoms with Crippen molar-refractivity contribution in [2.75, 3.05) is 6.54 Å². The van der Waals surface area contributed by atoms with E-state index in [9.17, 15) is 4.21 Å². The highest BCUT2D eigenvalue weighted by molar-refractivity contribution is 7.84. The molecule has 1 fully saturated rings. The summed E-state index contributed by atoms with van der Waals surface area (Å²) in [6, 6.07) is 8.12. The monoisotopic (exact) mass is 299 g/mol. The normalized spacial score (nSPS) is 25.2. The predicted molar refractivity (Wildman–Crippen MR) is 83.0 cm³/mol. The highest BCUT2D eigenvalue weighted by Gasteiger charge is 2.29. The van der Waals surface area contributed by atoms with Crippen LogP contribution in [-0.2, 0) is 16.6 Å². The van der Waals surface area contributed by atoms with Crippen LogP contribution in [-0.4, -0.2) is 22.0 Å². The summed E-state index contributed by atoms with van der Waals surface area (Å²) in [4.78, 5) is 0. The number of nitrogens with one attached hydrogen (secondary N) is 1. The van der Waals surface area contributed by atoms with E-state index in [1.165, 1.54) is 12.8 Å². The van der Waals surface area contributed by atoms with Crippen LogP contribution < -0.4 is 5.32 Å². The molecule has 0 spiro atoms. The quantitative estimate of drug-likeness (QED) is 0.901. The molecule has 1 N–H and O–H groups in total. The van der Waals surface area contributed by atoms with E-state index in [1.807, 2.05) is 24.3 Å². The Kier molecular flexibility index (Phi) is 5.86. The van der Waals surface area contributed by atoms with E-state index < -0.39 is 10.8 Å². The number of hydrogen-bond acceptors (Lipinski definition) is 2. The molecule has 1 aromatic rings. The third kappa shape index (κ3) is 4.30. The first-order valence-electron chi connectivity index (χ1n) is 7.05. The summed E-state index contributed by atoms with van der Waals surface area (Å²) in [6.07, 6.45) is 4.70. The highest BCUT2D eigenvalue weighted by Crippen LogP contribution is 2.25. The van der Waals surface area contributed by atoms with Gasteiger partial charge in [-0.3, -0.25) is 4.21 Å². The number of hydrogen-bond donors (Lipinski definition) is 1. The lowest BCUT2D eigenvalue weighted by molar-refractivity contribution is 0.385. The SMILES string of the molecule is CCNC1CCCCC1S(=O)Cc1ccc(Cl)cc1. The van der Waals surface area contributed by atoms with Crippen molar-refractivity contribution < 1.29 is 4.21 Å². The van der Waals surface area contributed by atoms with Gasteiger partial charge in [0.05, 0.1) is 5.25 Å². The van der Waals surface area contributed by atoms with Crippen LogP contribution in [0.15, 0.2) is 24.3 Å². The molecule has 1 aliphatic carbocycles. The highest BCUT2D eigenvalue weighted by atomic mass is 35.5. The van der Waals surface area contributed by atoms with E-state index in [0.717, 1.165) is 30.0 Å². The van der Waals surface area contributed by atoms with Crippen LogP contribution in [0.1, 0.15) is 38.2 Å². The molecular weight excluding hydrogens is 278 g/mol. The van der Waals surface area contributed by atoms with E-state index >= 15 is 0 Å². The zero-order valence-corrected chi connectivity index (χ0v) is 13.0. The van der Waals surface area contributed by atoms with Crippen molar-refractivity contribution in [2.45, 2.75) is 49.7 Å². The van der Waals surface area contributed by atoms with Gasteiger partial charge < -0.3 is 5.32 Å². The average molecular weight is 300 g/mol. The molecule has 4 heteroatoms. The second-order valence-electron chi connectivity index (χ2n) is 5.14. The lowest BCUT2D eigenvalue weighted by Crippen LogP contribution is -2.44. The first-order chi connectivity index (χ1) is 9.20. The van der Waals surface area contributed by atoms with E-state index in [0.29, 0.717) is 17.0 Å². The summed E-state index contributed by atoms with van der Waals surface area (Å²) in [7, 11) is -0.801. The molecule has 1 saturated carbocycles. The van der Waals surface area contributed by atoms with Gasteiger partial charge in [0.15, 0.2) is 0 Å². The van der Waals surface area contributed by atoms with Gasteiger partial charge in [-0.2, -0.15) is 0 Å². The fraction of sp³-hybridized carbons (Fsp3) is 0.600. The van der Waals surface area contributed by atoms with Crippen LogP contribution in [0.3, 0.4) is 0 Å². The van der Waals surface area contributed by atoms with Crippen LogP contribution in [0.5, 0.6) is 0 Å². The summed E-state index contributed by atoms with van der Waals surface area (Å²) in [5.74, 6) is 0.643. The van der Waals surface area contributed by atoms with Crippen LogP contribution in [0.4, 0.5) is 0 Å². The molecule has 2 rings (SSSR count). The predicted octanol–water partition coefficient (Wildman–Crippen LogP) is 3.51. The van der Waals surface area contributed by atoms with Gasteiger partial charge in [0.1, 0.15) is 0 Å². The van der Waals surface area contributed by atoms with Gasteiger partial charge in [-0.05, 0) is 37.1 Å². The van der Waals surface area contributed by atoms with Crippen LogP contribution >= 0.6 is 11.6 Å². The zero-order valence-electron chi connectivity index (χ0n) is 11.4. The fourth-order valence-corrected chi connectivity index (χ4v) is 4.65. The lowest BCUT2D eigenvalue weighted by atomic mass is 9.95. The minimum atomic E-state index is -0.801. The van der Waals surface area contributed by atoms with Crippen LogP contribution in [0.25, 0.3) is 0 Å². The van der Waals surface area contributed by atoms with Gasteiger partial charge in [0.2, 0.25) is 0 Å². The van der Waals surface area contributed by atoms with E-state index in [4.69, 9.17) is 11.6 Å². The minimum absolute atomic E-state index is 0.296. The zero-order chi connectivity index (χ0) is 13.7. The van der Waals surface area contributed by atoms with Crippen molar-refractivity contribution in [1.82, 2.24) is 5.32 Å². The molecule has 0 aromatic heterocycles. The van der Waals surface area contributed by atoms with Crippen molar-refractivity contribution in [2.24, 2.45) is 0 Å². The maximum absolute atomic E-state index is 12.6. The van der Waals surface area contributed by atoms with E-state index in [2.05, 4.69) is 12.2 Å². The van der Waals surface area contributed by atoms with Crippen molar-refractivity contribution in [3.05, 3.63) is 34.9 Å². The molecular formula is C15H22ClNOS. The molecule has 106 valence electrons. The number of benzene rings is 1. The molecule has 2 nitrogen and oxygen atoms in total. The average Bonchev–Trinajstić information content (AvgIpc) is 2.42. The first kappa shape index (κ1) is 15.0. The topological polar surface area (TPSA) is 29.1 Å². The van der Waals surface area contributed by atoms with Crippen molar-refractivity contribution in [1.29, 1.82) is 0 Å². The Morgan fingerprint density at radius 3 is 2.63 bits per heavy atom. The molecule has 3 atom stereocenters. The number of halogens is 1. The summed E-state index contributed by atoms with van der Waals surface area (Å²) < 4.78 is 12.6. The number of rotatable bonds is 5. The van der Waals surface area contributed by atoms with Crippen molar-refractivity contribution in [3.8, 4) is 0 Å². The molecule has 1 aromatic carbocycles. The third-order valence-corrected chi connectivity index (χ3v) is 5.84. The smallest absolute Gasteiger partial charge is 0.0504 e. The lowest BCUT2D eigenvalue weighted by Gasteiger charge is -2.31. The van der Waals surface area contributed by atoms with Crippen LogP contribution in [0, 0.1) is 0 Å². The van der Waals surface area contributed by atoms with Crippen molar-refractivity contribution in [3.63, 3.8) is 0 Å². The standard InChI is InChI=1S/C15H22ClNOS/c1-2-17-14-5-3-4-6-15(14)19(18)11-12-7-9-13(16)10-8-12/h7-10,14-15,17H,2-6,11H2,1H3. The van der Waals surface area contributed by atoms with Gasteiger partial charge in [-0.1, -0.05) is 43.5 Å². The third-order valence-electron chi connectivity index (χ3n) is 3.73. The Morgan fingerprint density at radius 1 is 1.26 bits per heavy atom. The second-order valence-corrected chi connectivity index (χ2v) is 7.23. The Morgan fingerprint density at radius 2 is 1.95 bits per heavy atom. The first-order valence-corrected chi connectivity index (χ1v) is 8.81. The molecule has 0 bridgehead atoms. The second kappa shape index (κ2) is 7.41. The van der Waals surface area contributed by atoms with Crippen molar-refractivity contribution >= 4 is 22.4 Å². The molecule has 0 aliphatic heterocycles. The van der Waals surface area contributed by atoms with Gasteiger partial charge in [0.25, 0.3) is 0 Å². The van der Waals surface area contributed by atoms with Gasteiger partial charge >= 0.3 is 0 Å². The molecule has 0 heterocycles. The molecule has 3 unspecified atom stereocenters. The van der Waals surface area contributed by atoms with Gasteiger partial charge in [-0.15, -0.1) is 0 Å². The molecule has 0 saturated heterocycles. The Balaban J connectivity index is 1.99. The maximum atomic E-state index is 12.6. The summed E-state index contributed by atoms with van der Waals surface area (Å²) in [5, 5.41) is 4.53. The largest absolute Gasteiger partial charge is 0.313 e. The summed E-state index contributed by atoms with van der Waals surface area (Å²) in [5.41, 5.74) is 1.11. The Bertz CT molecular complexity index is 419. The molecule has 1 aliphatic rings. The molecule has 19 heavy (non-hydrogen) atoms. The molecule has 0 radical (unpaired) electrons. The Labute approximate surface area is 123 Å². The maximum Gasteiger partial charge on any atom is 0.0504 e. The minimum Gasteiger partial charge on any atom is -0.313 e.